The van der Waals surface area contributed by atoms with E-state index in [1.165, 1.54) is 0 Å². The van der Waals surface area contributed by atoms with E-state index in [4.69, 9.17) is 11.6 Å². The topological polar surface area (TPSA) is 20.2 Å². The predicted molar refractivity (Wildman–Crippen MR) is 51.8 cm³/mol. The van der Waals surface area contributed by atoms with E-state index in [1.807, 2.05) is 18.2 Å². The molecule has 0 radical (unpaired) electrons. The largest absolute Gasteiger partial charge is 0.388 e. The Balaban J connectivity index is 2.47. The molecule has 0 bridgehead atoms. The Labute approximate surface area is 80.7 Å². The molecule has 0 aromatic heterocycles. The van der Waals surface area contributed by atoms with E-state index in [2.05, 4.69) is 0 Å². The molecule has 1 N–H and O–H groups in total. The van der Waals surface area contributed by atoms with Gasteiger partial charge in [-0.1, -0.05) is 11.6 Å². The van der Waals surface area contributed by atoms with E-state index in [-0.39, 0.29) is 6.10 Å². The van der Waals surface area contributed by atoms with Gasteiger partial charge in [-0.3, -0.25) is 0 Å². The number of aliphatic hydroxyl groups is 1. The highest BCUT2D eigenvalue weighted by Gasteiger charge is 2.17. The fourth-order valence-corrected chi connectivity index (χ4v) is 2.61. The molecule has 2 rings (SSSR count). The van der Waals surface area contributed by atoms with Gasteiger partial charge in [-0.05, 0) is 30.2 Å². The Hall–Kier alpha value is -0.180. The highest BCUT2D eigenvalue weighted by Crippen LogP contribution is 2.37. The van der Waals surface area contributed by atoms with Gasteiger partial charge in [0.1, 0.15) is 0 Å². The van der Waals surface area contributed by atoms with Crippen molar-refractivity contribution in [3.8, 4) is 0 Å². The maximum absolute atomic E-state index is 9.61. The van der Waals surface area contributed by atoms with Gasteiger partial charge in [0.2, 0.25) is 0 Å². The molecule has 3 heteroatoms. The third-order valence-electron chi connectivity index (χ3n) is 1.98. The smallest absolute Gasteiger partial charge is 0.0809 e. The van der Waals surface area contributed by atoms with Crippen LogP contribution in [0.15, 0.2) is 23.1 Å². The number of benzene rings is 1. The van der Waals surface area contributed by atoms with E-state index < -0.39 is 0 Å². The summed E-state index contributed by atoms with van der Waals surface area (Å²) in [5, 5.41) is 10.3. The van der Waals surface area contributed by atoms with Crippen LogP contribution in [0.5, 0.6) is 0 Å². The van der Waals surface area contributed by atoms with E-state index >= 15 is 0 Å². The molecule has 12 heavy (non-hydrogen) atoms. The van der Waals surface area contributed by atoms with Crippen LogP contribution < -0.4 is 0 Å². The van der Waals surface area contributed by atoms with Gasteiger partial charge in [-0.15, -0.1) is 11.8 Å². The van der Waals surface area contributed by atoms with Gasteiger partial charge in [-0.2, -0.15) is 0 Å². The molecule has 1 aromatic carbocycles. The normalized spacial score (nSPS) is 22.0. The number of aliphatic hydroxyl groups excluding tert-OH is 1. The maximum atomic E-state index is 9.61. The molecule has 1 aromatic rings. The monoisotopic (exact) mass is 200 g/mol. The van der Waals surface area contributed by atoms with Gasteiger partial charge in [-0.25, -0.2) is 0 Å². The zero-order valence-electron chi connectivity index (χ0n) is 6.46. The van der Waals surface area contributed by atoms with E-state index in [9.17, 15) is 5.11 Å². The van der Waals surface area contributed by atoms with Gasteiger partial charge in [0.05, 0.1) is 6.10 Å². The molecule has 0 saturated carbocycles. The van der Waals surface area contributed by atoms with Crippen molar-refractivity contribution in [3.63, 3.8) is 0 Å². The van der Waals surface area contributed by atoms with Gasteiger partial charge in [0.15, 0.2) is 0 Å². The summed E-state index contributed by atoms with van der Waals surface area (Å²) in [5.41, 5.74) is 0.985. The highest BCUT2D eigenvalue weighted by atomic mass is 35.5. The first-order chi connectivity index (χ1) is 5.77. The summed E-state index contributed by atoms with van der Waals surface area (Å²) in [6.45, 7) is 0. The Kier molecular flexibility index (Phi) is 2.31. The Morgan fingerprint density at radius 3 is 3.17 bits per heavy atom. The molecular weight excluding hydrogens is 192 g/mol. The molecular formula is C9H9ClOS. The predicted octanol–water partition coefficient (Wildman–Crippen LogP) is 2.87. The number of hydrogen-bond acceptors (Lipinski definition) is 2. The number of fused-ring (bicyclic) bond motifs is 1. The number of rotatable bonds is 0. The lowest BCUT2D eigenvalue weighted by molar-refractivity contribution is 0.170. The first-order valence-electron chi connectivity index (χ1n) is 3.87. The maximum Gasteiger partial charge on any atom is 0.0809 e. The Morgan fingerprint density at radius 2 is 2.33 bits per heavy atom. The van der Waals surface area contributed by atoms with Crippen molar-refractivity contribution in [2.75, 3.05) is 5.75 Å². The number of halogens is 1. The van der Waals surface area contributed by atoms with E-state index in [0.717, 1.165) is 22.6 Å². The van der Waals surface area contributed by atoms with Crippen LogP contribution in [0.1, 0.15) is 18.1 Å². The molecule has 0 spiro atoms. The van der Waals surface area contributed by atoms with Crippen molar-refractivity contribution in [1.82, 2.24) is 0 Å². The first-order valence-corrected chi connectivity index (χ1v) is 5.24. The average molecular weight is 201 g/mol. The molecule has 64 valence electrons. The molecule has 1 heterocycles. The van der Waals surface area contributed by atoms with E-state index in [0.29, 0.717) is 5.02 Å². The SMILES string of the molecule is O[C@H]1CCSc2ccc(Cl)cc21. The lowest BCUT2D eigenvalue weighted by Crippen LogP contribution is -2.05. The highest BCUT2D eigenvalue weighted by molar-refractivity contribution is 7.99. The number of thioether (sulfide) groups is 1. The lowest BCUT2D eigenvalue weighted by atomic mass is 10.1. The number of hydrogen-bond donors (Lipinski definition) is 1. The molecule has 0 aliphatic carbocycles. The fraction of sp³-hybridized carbons (Fsp3) is 0.333. The summed E-state index contributed by atoms with van der Waals surface area (Å²) in [5.74, 6) is 0.996. The van der Waals surface area contributed by atoms with Crippen LogP contribution in [0, 0.1) is 0 Å². The summed E-state index contributed by atoms with van der Waals surface area (Å²) >= 11 is 7.60. The molecule has 1 atom stereocenters. The van der Waals surface area contributed by atoms with Crippen molar-refractivity contribution in [2.45, 2.75) is 17.4 Å². The molecule has 0 saturated heterocycles. The lowest BCUT2D eigenvalue weighted by Gasteiger charge is -2.20. The van der Waals surface area contributed by atoms with Gasteiger partial charge in [0, 0.05) is 15.7 Å². The summed E-state index contributed by atoms with van der Waals surface area (Å²) in [6.07, 6.45) is 0.512. The molecule has 0 amide bonds. The first kappa shape index (κ1) is 8.42. The Morgan fingerprint density at radius 1 is 1.50 bits per heavy atom. The minimum atomic E-state index is -0.319. The van der Waals surface area contributed by atoms with Gasteiger partial charge in [0.25, 0.3) is 0 Å². The summed E-state index contributed by atoms with van der Waals surface area (Å²) in [7, 11) is 0. The average Bonchev–Trinajstić information content (AvgIpc) is 2.07. The molecule has 1 aliphatic rings. The van der Waals surface area contributed by atoms with Gasteiger partial charge >= 0.3 is 0 Å². The van der Waals surface area contributed by atoms with Crippen LogP contribution in [0.2, 0.25) is 5.02 Å². The van der Waals surface area contributed by atoms with Crippen molar-refractivity contribution < 1.29 is 5.11 Å². The molecule has 0 unspecified atom stereocenters. The van der Waals surface area contributed by atoms with Crippen LogP contribution in [0.4, 0.5) is 0 Å². The minimum absolute atomic E-state index is 0.319. The summed E-state index contributed by atoms with van der Waals surface area (Å²) in [4.78, 5) is 1.16. The van der Waals surface area contributed by atoms with Crippen molar-refractivity contribution in [1.29, 1.82) is 0 Å². The van der Waals surface area contributed by atoms with Gasteiger partial charge < -0.3 is 5.11 Å². The van der Waals surface area contributed by atoms with Crippen LogP contribution in [-0.4, -0.2) is 10.9 Å². The van der Waals surface area contributed by atoms with E-state index in [1.54, 1.807) is 11.8 Å². The molecule has 1 nitrogen and oxygen atoms in total. The van der Waals surface area contributed by atoms with Crippen LogP contribution in [0.25, 0.3) is 0 Å². The molecule has 1 aliphatic heterocycles. The zero-order valence-corrected chi connectivity index (χ0v) is 8.03. The second-order valence-corrected chi connectivity index (χ2v) is 4.41. The van der Waals surface area contributed by atoms with Crippen molar-refractivity contribution in [3.05, 3.63) is 28.8 Å². The van der Waals surface area contributed by atoms with Crippen molar-refractivity contribution >= 4 is 23.4 Å². The minimum Gasteiger partial charge on any atom is -0.388 e. The zero-order chi connectivity index (χ0) is 8.55. The third kappa shape index (κ3) is 1.47. The fourth-order valence-electron chi connectivity index (χ4n) is 1.35. The standard InChI is InChI=1S/C9H9ClOS/c10-6-1-2-9-7(5-6)8(11)3-4-12-9/h1-2,5,8,11H,3-4H2/t8-/m0/s1. The molecule has 0 fully saturated rings. The Bertz CT molecular complexity index is 301. The summed E-state index contributed by atoms with van der Waals surface area (Å²) in [6, 6.07) is 5.70. The van der Waals surface area contributed by atoms with Crippen LogP contribution in [0.3, 0.4) is 0 Å². The summed E-state index contributed by atoms with van der Waals surface area (Å²) < 4.78 is 0. The third-order valence-corrected chi connectivity index (χ3v) is 3.34. The quantitative estimate of drug-likeness (QED) is 0.695. The van der Waals surface area contributed by atoms with Crippen LogP contribution >= 0.6 is 23.4 Å². The second kappa shape index (κ2) is 3.29. The second-order valence-electron chi connectivity index (χ2n) is 2.84. The van der Waals surface area contributed by atoms with Crippen molar-refractivity contribution in [2.24, 2.45) is 0 Å². The van der Waals surface area contributed by atoms with Crippen LogP contribution in [-0.2, 0) is 0 Å².